The van der Waals surface area contributed by atoms with Crippen LogP contribution < -0.4 is 15.5 Å². The summed E-state index contributed by atoms with van der Waals surface area (Å²) in [6, 6.07) is 16.9. The van der Waals surface area contributed by atoms with E-state index >= 15 is 0 Å². The Balaban J connectivity index is 1.61. The van der Waals surface area contributed by atoms with Crippen LogP contribution in [0.15, 0.2) is 48.5 Å². The van der Waals surface area contributed by atoms with Crippen LogP contribution >= 0.6 is 0 Å². The minimum atomic E-state index is 0.840. The van der Waals surface area contributed by atoms with Gasteiger partial charge in [-0.2, -0.15) is 0 Å². The molecular formula is C18H23N3. The van der Waals surface area contributed by atoms with E-state index in [1.165, 1.54) is 23.4 Å². The first-order chi connectivity index (χ1) is 10.2. The molecule has 2 aromatic rings. The molecular weight excluding hydrogens is 258 g/mol. The predicted molar refractivity (Wildman–Crippen MR) is 91.1 cm³/mol. The Morgan fingerprint density at radius 1 is 0.952 bits per heavy atom. The third-order valence-corrected chi connectivity index (χ3v) is 4.21. The van der Waals surface area contributed by atoms with Crippen LogP contribution in [0.1, 0.15) is 12.0 Å². The Morgan fingerprint density at radius 3 is 2.43 bits per heavy atom. The summed E-state index contributed by atoms with van der Waals surface area (Å²) in [6.45, 7) is 3.31. The fourth-order valence-corrected chi connectivity index (χ4v) is 2.96. The quantitative estimate of drug-likeness (QED) is 0.874. The molecule has 21 heavy (non-hydrogen) atoms. The zero-order chi connectivity index (χ0) is 14.7. The van der Waals surface area contributed by atoms with Crippen molar-refractivity contribution in [2.75, 3.05) is 42.2 Å². The third kappa shape index (κ3) is 3.13. The fraction of sp³-hybridized carbons (Fsp3) is 0.333. The second kappa shape index (κ2) is 6.08. The van der Waals surface area contributed by atoms with Gasteiger partial charge < -0.3 is 15.5 Å². The summed E-state index contributed by atoms with van der Waals surface area (Å²) >= 11 is 0. The van der Waals surface area contributed by atoms with E-state index in [-0.39, 0.29) is 0 Å². The van der Waals surface area contributed by atoms with Crippen molar-refractivity contribution in [2.24, 2.45) is 0 Å². The summed E-state index contributed by atoms with van der Waals surface area (Å²) in [5.41, 5.74) is 10.6. The van der Waals surface area contributed by atoms with E-state index in [9.17, 15) is 0 Å². The van der Waals surface area contributed by atoms with Crippen molar-refractivity contribution >= 4 is 17.1 Å². The first-order valence-electron chi connectivity index (χ1n) is 7.63. The number of anilines is 3. The van der Waals surface area contributed by atoms with Gasteiger partial charge in [0.1, 0.15) is 0 Å². The molecule has 0 saturated carbocycles. The summed E-state index contributed by atoms with van der Waals surface area (Å²) in [6.07, 6.45) is 2.27. The average molecular weight is 281 g/mol. The van der Waals surface area contributed by atoms with Crippen LogP contribution in [0, 0.1) is 0 Å². The highest BCUT2D eigenvalue weighted by Gasteiger charge is 2.18. The van der Waals surface area contributed by atoms with E-state index in [1.807, 2.05) is 12.1 Å². The lowest BCUT2D eigenvalue weighted by Gasteiger charge is -2.37. The molecule has 1 aliphatic heterocycles. The molecule has 0 unspecified atom stereocenters. The van der Waals surface area contributed by atoms with Crippen LogP contribution in [0.5, 0.6) is 0 Å². The third-order valence-electron chi connectivity index (χ3n) is 4.21. The summed E-state index contributed by atoms with van der Waals surface area (Å²) in [5.74, 6) is 0. The van der Waals surface area contributed by atoms with Crippen molar-refractivity contribution in [1.29, 1.82) is 0 Å². The summed E-state index contributed by atoms with van der Waals surface area (Å²) in [4.78, 5) is 4.85. The average Bonchev–Trinajstić information content (AvgIpc) is 2.52. The monoisotopic (exact) mass is 281 g/mol. The summed E-state index contributed by atoms with van der Waals surface area (Å²) in [7, 11) is 2.17. The Kier molecular flexibility index (Phi) is 4.00. The molecule has 2 N–H and O–H groups in total. The number of hydrogen-bond donors (Lipinski definition) is 1. The molecule has 0 aromatic heterocycles. The van der Waals surface area contributed by atoms with Gasteiger partial charge in [0, 0.05) is 32.4 Å². The highest BCUT2D eigenvalue weighted by Crippen LogP contribution is 2.31. The minimum absolute atomic E-state index is 0.840. The van der Waals surface area contributed by atoms with Crippen LogP contribution in [-0.4, -0.2) is 26.7 Å². The van der Waals surface area contributed by atoms with Crippen molar-refractivity contribution in [2.45, 2.75) is 12.8 Å². The van der Waals surface area contributed by atoms with Crippen molar-refractivity contribution in [3.63, 3.8) is 0 Å². The number of rotatable bonds is 4. The number of fused-ring (bicyclic) bond motifs is 1. The molecule has 110 valence electrons. The molecule has 0 aliphatic carbocycles. The maximum atomic E-state index is 5.73. The molecule has 0 fully saturated rings. The molecule has 3 nitrogen and oxygen atoms in total. The Labute approximate surface area is 127 Å². The molecule has 0 spiro atoms. The fourth-order valence-electron chi connectivity index (χ4n) is 2.96. The van der Waals surface area contributed by atoms with Crippen LogP contribution in [0.25, 0.3) is 0 Å². The molecule has 3 heteroatoms. The maximum Gasteiger partial charge on any atom is 0.0604 e. The van der Waals surface area contributed by atoms with Crippen molar-refractivity contribution in [3.05, 3.63) is 54.1 Å². The van der Waals surface area contributed by atoms with Crippen LogP contribution in [0.2, 0.25) is 0 Å². The second-order valence-corrected chi connectivity index (χ2v) is 5.74. The second-order valence-electron chi connectivity index (χ2n) is 5.74. The number of likely N-dealkylation sites (N-methyl/N-ethyl adjacent to an activating group) is 1. The van der Waals surface area contributed by atoms with E-state index in [0.717, 1.165) is 31.7 Å². The lowest BCUT2D eigenvalue weighted by molar-refractivity contribution is 0.696. The Hall–Kier alpha value is -2.16. The number of aryl methyl sites for hydroxylation is 1. The Bertz CT molecular complexity index is 592. The van der Waals surface area contributed by atoms with Crippen LogP contribution in [0.4, 0.5) is 17.1 Å². The number of nitrogens with two attached hydrogens (primary N) is 1. The molecule has 3 rings (SSSR count). The van der Waals surface area contributed by atoms with Crippen LogP contribution in [-0.2, 0) is 6.42 Å². The molecule has 1 aliphatic rings. The highest BCUT2D eigenvalue weighted by molar-refractivity contribution is 5.73. The first-order valence-corrected chi connectivity index (χ1v) is 7.63. The largest absolute Gasteiger partial charge is 0.399 e. The zero-order valence-corrected chi connectivity index (χ0v) is 12.6. The van der Waals surface area contributed by atoms with Gasteiger partial charge in [-0.05, 0) is 42.7 Å². The molecule has 1 heterocycles. The van der Waals surface area contributed by atoms with Crippen molar-refractivity contribution < 1.29 is 0 Å². The SMILES string of the molecule is CN1CCN(CCCc2ccc(N)cc2)c2ccccc21. The van der Waals surface area contributed by atoms with Gasteiger partial charge >= 0.3 is 0 Å². The van der Waals surface area contributed by atoms with E-state index in [2.05, 4.69) is 53.2 Å². The molecule has 0 bridgehead atoms. The van der Waals surface area contributed by atoms with Gasteiger partial charge in [-0.15, -0.1) is 0 Å². The molecule has 0 radical (unpaired) electrons. The molecule has 2 aromatic carbocycles. The summed E-state index contributed by atoms with van der Waals surface area (Å²) in [5, 5.41) is 0. The van der Waals surface area contributed by atoms with E-state index in [1.54, 1.807) is 0 Å². The van der Waals surface area contributed by atoms with E-state index in [0.29, 0.717) is 0 Å². The molecule has 0 atom stereocenters. The molecule has 0 saturated heterocycles. The first kappa shape index (κ1) is 13.8. The van der Waals surface area contributed by atoms with Gasteiger partial charge in [0.25, 0.3) is 0 Å². The number of nitrogen functional groups attached to an aromatic ring is 1. The minimum Gasteiger partial charge on any atom is -0.399 e. The van der Waals surface area contributed by atoms with Gasteiger partial charge in [0.15, 0.2) is 0 Å². The predicted octanol–water partition coefficient (Wildman–Crippen LogP) is 3.16. The van der Waals surface area contributed by atoms with E-state index < -0.39 is 0 Å². The zero-order valence-electron chi connectivity index (χ0n) is 12.6. The normalized spacial score (nSPS) is 14.1. The maximum absolute atomic E-state index is 5.73. The number of para-hydroxylation sites is 2. The lowest BCUT2D eigenvalue weighted by Crippen LogP contribution is -2.39. The number of nitrogens with zero attached hydrogens (tertiary/aromatic N) is 2. The van der Waals surface area contributed by atoms with Gasteiger partial charge in [-0.25, -0.2) is 0 Å². The van der Waals surface area contributed by atoms with E-state index in [4.69, 9.17) is 5.73 Å². The standard InChI is InChI=1S/C18H23N3/c1-20-13-14-21(18-7-3-2-6-17(18)20)12-4-5-15-8-10-16(19)11-9-15/h2-3,6-11H,4-5,12-14,19H2,1H3. The lowest BCUT2D eigenvalue weighted by atomic mass is 10.1. The Morgan fingerprint density at radius 2 is 1.67 bits per heavy atom. The van der Waals surface area contributed by atoms with Gasteiger partial charge in [-0.1, -0.05) is 24.3 Å². The smallest absolute Gasteiger partial charge is 0.0604 e. The molecule has 0 amide bonds. The number of hydrogen-bond acceptors (Lipinski definition) is 3. The van der Waals surface area contributed by atoms with Crippen molar-refractivity contribution in [3.8, 4) is 0 Å². The van der Waals surface area contributed by atoms with Gasteiger partial charge in [0.05, 0.1) is 11.4 Å². The van der Waals surface area contributed by atoms with Gasteiger partial charge in [0.2, 0.25) is 0 Å². The van der Waals surface area contributed by atoms with Crippen molar-refractivity contribution in [1.82, 2.24) is 0 Å². The number of benzene rings is 2. The van der Waals surface area contributed by atoms with Crippen LogP contribution in [0.3, 0.4) is 0 Å². The van der Waals surface area contributed by atoms with Gasteiger partial charge in [-0.3, -0.25) is 0 Å². The summed E-state index contributed by atoms with van der Waals surface area (Å²) < 4.78 is 0. The highest BCUT2D eigenvalue weighted by atomic mass is 15.2. The topological polar surface area (TPSA) is 32.5 Å².